The zero-order chi connectivity index (χ0) is 12.8. The minimum Gasteiger partial charge on any atom is -0.377 e. The molecule has 2 fully saturated rings. The van der Waals surface area contributed by atoms with Gasteiger partial charge in [0.1, 0.15) is 0 Å². The second-order valence-electron chi connectivity index (χ2n) is 5.16. The zero-order valence-corrected chi connectivity index (χ0v) is 11.8. The summed E-state index contributed by atoms with van der Waals surface area (Å²) < 4.78 is 34.1. The standard InChI is InChI=1S/C12H24N2O3S/c15-18(16,14-8-4-1-2-5-9-14)13-11-12-7-3-6-10-17-12/h12-13H,1-11H2. The Bertz CT molecular complexity index is 331. The van der Waals surface area contributed by atoms with Gasteiger partial charge in [-0.2, -0.15) is 17.4 Å². The molecule has 0 amide bonds. The third kappa shape index (κ3) is 4.19. The molecule has 0 bridgehead atoms. The molecule has 18 heavy (non-hydrogen) atoms. The van der Waals surface area contributed by atoms with Gasteiger partial charge in [-0.25, -0.2) is 0 Å². The van der Waals surface area contributed by atoms with Crippen molar-refractivity contribution >= 4 is 10.2 Å². The van der Waals surface area contributed by atoms with Crippen LogP contribution in [-0.2, 0) is 14.9 Å². The minimum atomic E-state index is -3.30. The molecule has 0 radical (unpaired) electrons. The molecule has 1 atom stereocenters. The van der Waals surface area contributed by atoms with E-state index in [0.29, 0.717) is 19.6 Å². The van der Waals surface area contributed by atoms with Crippen LogP contribution < -0.4 is 4.72 Å². The molecule has 2 heterocycles. The van der Waals surface area contributed by atoms with Gasteiger partial charge in [-0.3, -0.25) is 0 Å². The van der Waals surface area contributed by atoms with Crippen LogP contribution in [0.3, 0.4) is 0 Å². The second kappa shape index (κ2) is 6.84. The van der Waals surface area contributed by atoms with Gasteiger partial charge in [-0.15, -0.1) is 0 Å². The fourth-order valence-electron chi connectivity index (χ4n) is 2.54. The summed E-state index contributed by atoms with van der Waals surface area (Å²) in [5, 5.41) is 0. The van der Waals surface area contributed by atoms with Crippen LogP contribution >= 0.6 is 0 Å². The van der Waals surface area contributed by atoms with Gasteiger partial charge < -0.3 is 4.74 Å². The number of ether oxygens (including phenoxy) is 1. The molecule has 0 aromatic rings. The number of nitrogens with one attached hydrogen (secondary N) is 1. The molecule has 0 saturated carbocycles. The van der Waals surface area contributed by atoms with E-state index in [0.717, 1.165) is 51.6 Å². The van der Waals surface area contributed by atoms with Crippen molar-refractivity contribution in [3.63, 3.8) is 0 Å². The molecule has 2 aliphatic heterocycles. The van der Waals surface area contributed by atoms with Crippen molar-refractivity contribution in [2.45, 2.75) is 51.0 Å². The maximum absolute atomic E-state index is 12.1. The molecule has 0 spiro atoms. The summed E-state index contributed by atoms with van der Waals surface area (Å²) in [4.78, 5) is 0. The normalized spacial score (nSPS) is 27.9. The monoisotopic (exact) mass is 276 g/mol. The quantitative estimate of drug-likeness (QED) is 0.841. The Morgan fingerprint density at radius 3 is 2.39 bits per heavy atom. The summed E-state index contributed by atoms with van der Waals surface area (Å²) in [7, 11) is -3.30. The van der Waals surface area contributed by atoms with Crippen molar-refractivity contribution in [2.24, 2.45) is 0 Å². The van der Waals surface area contributed by atoms with Gasteiger partial charge in [-0.05, 0) is 32.1 Å². The van der Waals surface area contributed by atoms with Gasteiger partial charge in [0.05, 0.1) is 6.10 Å². The molecule has 6 heteroatoms. The van der Waals surface area contributed by atoms with Crippen LogP contribution in [0.4, 0.5) is 0 Å². The van der Waals surface area contributed by atoms with E-state index >= 15 is 0 Å². The summed E-state index contributed by atoms with van der Waals surface area (Å²) in [6.45, 7) is 2.48. The lowest BCUT2D eigenvalue weighted by Crippen LogP contribution is -2.44. The highest BCUT2D eigenvalue weighted by molar-refractivity contribution is 7.87. The predicted octanol–water partition coefficient (Wildman–Crippen LogP) is 1.27. The molecule has 2 aliphatic rings. The van der Waals surface area contributed by atoms with E-state index in [4.69, 9.17) is 4.74 Å². The summed E-state index contributed by atoms with van der Waals surface area (Å²) in [5.41, 5.74) is 0. The van der Waals surface area contributed by atoms with Crippen LogP contribution in [0.25, 0.3) is 0 Å². The van der Waals surface area contributed by atoms with Gasteiger partial charge in [0, 0.05) is 26.2 Å². The summed E-state index contributed by atoms with van der Waals surface area (Å²) in [5.74, 6) is 0. The summed E-state index contributed by atoms with van der Waals surface area (Å²) in [6, 6.07) is 0. The van der Waals surface area contributed by atoms with Gasteiger partial charge in [0.2, 0.25) is 0 Å². The predicted molar refractivity (Wildman–Crippen MR) is 70.6 cm³/mol. The van der Waals surface area contributed by atoms with Crippen molar-refractivity contribution in [2.75, 3.05) is 26.2 Å². The molecule has 106 valence electrons. The Balaban J connectivity index is 1.81. The first-order valence-corrected chi connectivity index (χ1v) is 8.49. The zero-order valence-electron chi connectivity index (χ0n) is 10.9. The smallest absolute Gasteiger partial charge is 0.279 e. The van der Waals surface area contributed by atoms with E-state index in [1.807, 2.05) is 0 Å². The lowest BCUT2D eigenvalue weighted by Gasteiger charge is -2.25. The Kier molecular flexibility index (Phi) is 5.41. The van der Waals surface area contributed by atoms with Crippen LogP contribution in [0.1, 0.15) is 44.9 Å². The lowest BCUT2D eigenvalue weighted by molar-refractivity contribution is 0.0198. The van der Waals surface area contributed by atoms with Gasteiger partial charge >= 0.3 is 0 Å². The van der Waals surface area contributed by atoms with Crippen LogP contribution in [0.5, 0.6) is 0 Å². The maximum Gasteiger partial charge on any atom is 0.279 e. The average molecular weight is 276 g/mol. The van der Waals surface area contributed by atoms with Crippen molar-refractivity contribution < 1.29 is 13.2 Å². The fourth-order valence-corrected chi connectivity index (χ4v) is 3.86. The first-order valence-electron chi connectivity index (χ1n) is 7.05. The van der Waals surface area contributed by atoms with E-state index in [9.17, 15) is 8.42 Å². The number of hydrogen-bond acceptors (Lipinski definition) is 3. The SMILES string of the molecule is O=S(=O)(NCC1CCCCO1)N1CCCCCC1. The highest BCUT2D eigenvalue weighted by Crippen LogP contribution is 2.14. The largest absolute Gasteiger partial charge is 0.377 e. The average Bonchev–Trinajstić information content (AvgIpc) is 2.67. The van der Waals surface area contributed by atoms with Crippen LogP contribution in [-0.4, -0.2) is 45.1 Å². The third-order valence-corrected chi connectivity index (χ3v) is 5.25. The Morgan fingerprint density at radius 2 is 1.78 bits per heavy atom. The Labute approximate surface area is 110 Å². The van der Waals surface area contributed by atoms with Gasteiger partial charge in [0.25, 0.3) is 10.2 Å². The number of hydrogen-bond donors (Lipinski definition) is 1. The van der Waals surface area contributed by atoms with E-state index in [1.165, 1.54) is 0 Å². The third-order valence-electron chi connectivity index (χ3n) is 3.67. The summed E-state index contributed by atoms with van der Waals surface area (Å²) in [6.07, 6.45) is 7.46. The summed E-state index contributed by atoms with van der Waals surface area (Å²) >= 11 is 0. The van der Waals surface area contributed by atoms with E-state index in [1.54, 1.807) is 4.31 Å². The van der Waals surface area contributed by atoms with E-state index in [2.05, 4.69) is 4.72 Å². The van der Waals surface area contributed by atoms with E-state index in [-0.39, 0.29) is 6.10 Å². The molecular weight excluding hydrogens is 252 g/mol. The topological polar surface area (TPSA) is 58.6 Å². The van der Waals surface area contributed by atoms with Crippen molar-refractivity contribution in [3.05, 3.63) is 0 Å². The second-order valence-corrected chi connectivity index (χ2v) is 6.91. The molecule has 1 unspecified atom stereocenters. The van der Waals surface area contributed by atoms with Crippen LogP contribution in [0, 0.1) is 0 Å². The first kappa shape index (κ1) is 14.2. The van der Waals surface area contributed by atoms with Gasteiger partial charge in [0.15, 0.2) is 0 Å². The molecule has 0 aromatic carbocycles. The number of rotatable bonds is 4. The van der Waals surface area contributed by atoms with Gasteiger partial charge in [-0.1, -0.05) is 12.8 Å². The van der Waals surface area contributed by atoms with Crippen molar-refractivity contribution in [3.8, 4) is 0 Å². The minimum absolute atomic E-state index is 0.0560. The highest BCUT2D eigenvalue weighted by Gasteiger charge is 2.24. The molecule has 0 aromatic heterocycles. The Morgan fingerprint density at radius 1 is 1.06 bits per heavy atom. The Hall–Kier alpha value is -0.170. The fraction of sp³-hybridized carbons (Fsp3) is 1.00. The number of nitrogens with zero attached hydrogens (tertiary/aromatic N) is 1. The molecule has 2 saturated heterocycles. The van der Waals surface area contributed by atoms with Crippen molar-refractivity contribution in [1.82, 2.24) is 9.03 Å². The first-order chi connectivity index (χ1) is 8.68. The molecule has 1 N–H and O–H groups in total. The van der Waals surface area contributed by atoms with Crippen LogP contribution in [0.2, 0.25) is 0 Å². The molecular formula is C12H24N2O3S. The van der Waals surface area contributed by atoms with Crippen molar-refractivity contribution in [1.29, 1.82) is 0 Å². The molecule has 5 nitrogen and oxygen atoms in total. The maximum atomic E-state index is 12.1. The highest BCUT2D eigenvalue weighted by atomic mass is 32.2. The lowest BCUT2D eigenvalue weighted by atomic mass is 10.1. The van der Waals surface area contributed by atoms with E-state index < -0.39 is 10.2 Å². The van der Waals surface area contributed by atoms with Crippen LogP contribution in [0.15, 0.2) is 0 Å². The molecule has 2 rings (SSSR count). The molecule has 0 aliphatic carbocycles.